The molecule has 0 aromatic rings. The molecule has 3 atom stereocenters. The fourth-order valence-electron chi connectivity index (χ4n) is 2.09. The first-order valence-electron chi connectivity index (χ1n) is 5.51. The summed E-state index contributed by atoms with van der Waals surface area (Å²) < 4.78 is 5.79. The van der Waals surface area contributed by atoms with Crippen LogP contribution in [0.4, 0.5) is 0 Å². The number of hydrogen-bond donors (Lipinski definition) is 1. The summed E-state index contributed by atoms with van der Waals surface area (Å²) in [6.07, 6.45) is 2.76. The molecule has 1 aliphatic heterocycles. The van der Waals surface area contributed by atoms with Gasteiger partial charge in [-0.3, -0.25) is 0 Å². The maximum atomic E-state index is 5.79. The predicted molar refractivity (Wildman–Crippen MR) is 55.9 cm³/mol. The third-order valence-corrected chi connectivity index (χ3v) is 2.73. The summed E-state index contributed by atoms with van der Waals surface area (Å²) in [6, 6.07) is 1.08. The standard InChI is InChI=1S/C11H23NO/c1-5-11-9(4)12-10(7-13-11)6-8(2)3/h8-12H,5-7H2,1-4H3. The van der Waals surface area contributed by atoms with E-state index in [0.29, 0.717) is 18.2 Å². The van der Waals surface area contributed by atoms with E-state index in [2.05, 4.69) is 33.0 Å². The minimum Gasteiger partial charge on any atom is -0.375 e. The summed E-state index contributed by atoms with van der Waals surface area (Å²) in [5.41, 5.74) is 0. The van der Waals surface area contributed by atoms with Gasteiger partial charge in [0.1, 0.15) is 0 Å². The van der Waals surface area contributed by atoms with Crippen LogP contribution >= 0.6 is 0 Å². The van der Waals surface area contributed by atoms with Gasteiger partial charge in [-0.2, -0.15) is 0 Å². The molecule has 0 radical (unpaired) electrons. The van der Waals surface area contributed by atoms with Crippen LogP contribution < -0.4 is 5.32 Å². The Balaban J connectivity index is 2.32. The van der Waals surface area contributed by atoms with E-state index in [-0.39, 0.29) is 0 Å². The van der Waals surface area contributed by atoms with Crippen LogP contribution in [-0.4, -0.2) is 24.8 Å². The van der Waals surface area contributed by atoms with Crippen LogP contribution in [0, 0.1) is 5.92 Å². The van der Waals surface area contributed by atoms with Crippen molar-refractivity contribution in [3.05, 3.63) is 0 Å². The Labute approximate surface area is 82.0 Å². The number of hydrogen-bond acceptors (Lipinski definition) is 2. The molecule has 0 bridgehead atoms. The van der Waals surface area contributed by atoms with Gasteiger partial charge in [0.05, 0.1) is 12.7 Å². The Morgan fingerprint density at radius 3 is 2.62 bits per heavy atom. The Bertz CT molecular complexity index is 147. The second-order valence-electron chi connectivity index (χ2n) is 4.56. The molecule has 78 valence electrons. The normalized spacial score (nSPS) is 35.3. The molecule has 3 unspecified atom stereocenters. The number of nitrogens with one attached hydrogen (secondary N) is 1. The van der Waals surface area contributed by atoms with Crippen molar-refractivity contribution in [3.63, 3.8) is 0 Å². The van der Waals surface area contributed by atoms with Gasteiger partial charge in [0, 0.05) is 12.1 Å². The molecule has 1 aliphatic rings. The molecule has 0 aromatic carbocycles. The van der Waals surface area contributed by atoms with Crippen LogP contribution in [0.5, 0.6) is 0 Å². The Kier molecular flexibility index (Phi) is 4.20. The third-order valence-electron chi connectivity index (χ3n) is 2.73. The van der Waals surface area contributed by atoms with Gasteiger partial charge in [0.15, 0.2) is 0 Å². The highest BCUT2D eigenvalue weighted by molar-refractivity contribution is 4.82. The second kappa shape index (κ2) is 4.97. The minimum atomic E-state index is 0.420. The molecule has 13 heavy (non-hydrogen) atoms. The lowest BCUT2D eigenvalue weighted by molar-refractivity contribution is -0.0280. The SMILES string of the molecule is CCC1OCC(CC(C)C)NC1C. The quantitative estimate of drug-likeness (QED) is 0.727. The largest absolute Gasteiger partial charge is 0.375 e. The smallest absolute Gasteiger partial charge is 0.0723 e. The van der Waals surface area contributed by atoms with E-state index in [1.807, 2.05) is 0 Å². The molecule has 2 heteroatoms. The molecule has 2 nitrogen and oxygen atoms in total. The van der Waals surface area contributed by atoms with Crippen molar-refractivity contribution in [2.24, 2.45) is 5.92 Å². The lowest BCUT2D eigenvalue weighted by Gasteiger charge is -2.36. The number of rotatable bonds is 3. The maximum absolute atomic E-state index is 5.79. The molecule has 0 amide bonds. The summed E-state index contributed by atoms with van der Waals surface area (Å²) in [5, 5.41) is 3.62. The van der Waals surface area contributed by atoms with Crippen molar-refractivity contribution < 1.29 is 4.74 Å². The van der Waals surface area contributed by atoms with Crippen LogP contribution in [0.1, 0.15) is 40.5 Å². The second-order valence-corrected chi connectivity index (χ2v) is 4.56. The van der Waals surface area contributed by atoms with Crippen LogP contribution in [0.15, 0.2) is 0 Å². The van der Waals surface area contributed by atoms with Crippen molar-refractivity contribution in [1.29, 1.82) is 0 Å². The van der Waals surface area contributed by atoms with Crippen molar-refractivity contribution >= 4 is 0 Å². The highest BCUT2D eigenvalue weighted by atomic mass is 16.5. The third kappa shape index (κ3) is 3.28. The molecule has 0 saturated carbocycles. The van der Waals surface area contributed by atoms with Crippen LogP contribution in [-0.2, 0) is 4.74 Å². The molecule has 1 heterocycles. The van der Waals surface area contributed by atoms with Crippen molar-refractivity contribution in [2.45, 2.75) is 58.7 Å². The maximum Gasteiger partial charge on any atom is 0.0723 e. The zero-order valence-corrected chi connectivity index (χ0v) is 9.34. The molecule has 1 N–H and O–H groups in total. The summed E-state index contributed by atoms with van der Waals surface area (Å²) in [5.74, 6) is 0.756. The molecule has 1 saturated heterocycles. The van der Waals surface area contributed by atoms with E-state index in [4.69, 9.17) is 4.74 Å². The van der Waals surface area contributed by atoms with E-state index in [0.717, 1.165) is 18.9 Å². The summed E-state index contributed by atoms with van der Waals surface area (Å²) in [4.78, 5) is 0. The van der Waals surface area contributed by atoms with E-state index in [1.165, 1.54) is 6.42 Å². The van der Waals surface area contributed by atoms with E-state index >= 15 is 0 Å². The van der Waals surface area contributed by atoms with E-state index in [1.54, 1.807) is 0 Å². The zero-order chi connectivity index (χ0) is 9.84. The molecular formula is C11H23NO. The van der Waals surface area contributed by atoms with E-state index < -0.39 is 0 Å². The van der Waals surface area contributed by atoms with Gasteiger partial charge in [-0.1, -0.05) is 20.8 Å². The molecule has 0 aromatic heterocycles. The highest BCUT2D eigenvalue weighted by Crippen LogP contribution is 2.15. The highest BCUT2D eigenvalue weighted by Gasteiger charge is 2.26. The fourth-order valence-corrected chi connectivity index (χ4v) is 2.09. The number of morpholine rings is 1. The molecule has 0 spiro atoms. The lowest BCUT2D eigenvalue weighted by atomic mass is 10.00. The first-order chi connectivity index (χ1) is 6.13. The Hall–Kier alpha value is -0.0800. The van der Waals surface area contributed by atoms with E-state index in [9.17, 15) is 0 Å². The monoisotopic (exact) mass is 185 g/mol. The van der Waals surface area contributed by atoms with Crippen LogP contribution in [0.25, 0.3) is 0 Å². The summed E-state index contributed by atoms with van der Waals surface area (Å²) in [7, 11) is 0. The first kappa shape index (κ1) is 11.0. The van der Waals surface area contributed by atoms with Gasteiger partial charge in [0.2, 0.25) is 0 Å². The number of ether oxygens (including phenoxy) is 1. The zero-order valence-electron chi connectivity index (χ0n) is 9.34. The van der Waals surface area contributed by atoms with Gasteiger partial charge in [-0.25, -0.2) is 0 Å². The average molecular weight is 185 g/mol. The minimum absolute atomic E-state index is 0.420. The Morgan fingerprint density at radius 2 is 2.15 bits per heavy atom. The lowest BCUT2D eigenvalue weighted by Crippen LogP contribution is -2.52. The van der Waals surface area contributed by atoms with Crippen molar-refractivity contribution in [3.8, 4) is 0 Å². The average Bonchev–Trinajstić information content (AvgIpc) is 2.03. The molecule has 0 aliphatic carbocycles. The van der Waals surface area contributed by atoms with Gasteiger partial charge in [-0.05, 0) is 25.7 Å². The first-order valence-corrected chi connectivity index (χ1v) is 5.51. The van der Waals surface area contributed by atoms with Gasteiger partial charge in [-0.15, -0.1) is 0 Å². The fraction of sp³-hybridized carbons (Fsp3) is 1.00. The topological polar surface area (TPSA) is 21.3 Å². The molecule has 1 rings (SSSR count). The van der Waals surface area contributed by atoms with Gasteiger partial charge >= 0.3 is 0 Å². The molecule has 1 fully saturated rings. The van der Waals surface area contributed by atoms with Crippen molar-refractivity contribution in [1.82, 2.24) is 5.32 Å². The van der Waals surface area contributed by atoms with Gasteiger partial charge < -0.3 is 10.1 Å². The summed E-state index contributed by atoms with van der Waals surface area (Å²) >= 11 is 0. The van der Waals surface area contributed by atoms with Crippen LogP contribution in [0.3, 0.4) is 0 Å². The van der Waals surface area contributed by atoms with Crippen molar-refractivity contribution in [2.75, 3.05) is 6.61 Å². The predicted octanol–water partition coefficient (Wildman–Crippen LogP) is 2.19. The van der Waals surface area contributed by atoms with Crippen LogP contribution in [0.2, 0.25) is 0 Å². The van der Waals surface area contributed by atoms with Gasteiger partial charge in [0.25, 0.3) is 0 Å². The summed E-state index contributed by atoms with van der Waals surface area (Å²) in [6.45, 7) is 9.82. The molecular weight excluding hydrogens is 162 g/mol. The Morgan fingerprint density at radius 1 is 1.46 bits per heavy atom.